The molecular formula is C48H87NO10. The average Bonchev–Trinajstić information content (AvgIpc) is 3.23. The van der Waals surface area contributed by atoms with E-state index < -0.39 is 49.5 Å². The van der Waals surface area contributed by atoms with Crippen LogP contribution in [0.1, 0.15) is 194 Å². The predicted octanol–water partition coefficient (Wildman–Crippen LogP) is 8.82. The maximum Gasteiger partial charge on any atom is 0.305 e. The zero-order valence-electron chi connectivity index (χ0n) is 37.2. The number of esters is 1. The summed E-state index contributed by atoms with van der Waals surface area (Å²) in [4.78, 5) is 24.9. The first-order valence-electron chi connectivity index (χ1n) is 23.8. The summed E-state index contributed by atoms with van der Waals surface area (Å²) in [5.41, 5.74) is 0. The van der Waals surface area contributed by atoms with Gasteiger partial charge in [0.05, 0.1) is 32.0 Å². The van der Waals surface area contributed by atoms with Gasteiger partial charge in [-0.25, -0.2) is 0 Å². The van der Waals surface area contributed by atoms with Crippen molar-refractivity contribution >= 4 is 11.9 Å². The van der Waals surface area contributed by atoms with Gasteiger partial charge in [0, 0.05) is 12.8 Å². The topological polar surface area (TPSA) is 175 Å². The number of unbranched alkanes of at least 4 members (excludes halogenated alkanes) is 21. The van der Waals surface area contributed by atoms with Crippen LogP contribution in [0, 0.1) is 0 Å². The van der Waals surface area contributed by atoms with Crippen molar-refractivity contribution in [2.24, 2.45) is 0 Å². The van der Waals surface area contributed by atoms with Crippen molar-refractivity contribution in [3.05, 3.63) is 36.5 Å². The Morgan fingerprint density at radius 1 is 0.610 bits per heavy atom. The fourth-order valence-corrected chi connectivity index (χ4v) is 7.09. The summed E-state index contributed by atoms with van der Waals surface area (Å²) in [5.74, 6) is -0.285. The molecule has 0 aromatic heterocycles. The molecule has 0 saturated carbocycles. The van der Waals surface area contributed by atoms with E-state index in [0.29, 0.717) is 25.9 Å². The summed E-state index contributed by atoms with van der Waals surface area (Å²) in [6.45, 7) is 4.14. The normalized spacial score (nSPS) is 20.8. The van der Waals surface area contributed by atoms with E-state index in [1.165, 1.54) is 77.0 Å². The molecule has 11 nitrogen and oxygen atoms in total. The second-order valence-corrected chi connectivity index (χ2v) is 16.4. The second-order valence-electron chi connectivity index (χ2n) is 16.4. The van der Waals surface area contributed by atoms with Crippen LogP contribution in [0.2, 0.25) is 0 Å². The van der Waals surface area contributed by atoms with Crippen LogP contribution >= 0.6 is 0 Å². The predicted molar refractivity (Wildman–Crippen MR) is 237 cm³/mol. The highest BCUT2D eigenvalue weighted by Crippen LogP contribution is 2.22. The van der Waals surface area contributed by atoms with Gasteiger partial charge in [-0.2, -0.15) is 0 Å². The van der Waals surface area contributed by atoms with Crippen LogP contribution in [-0.2, 0) is 23.8 Å². The molecule has 0 aromatic carbocycles. The number of hydrogen-bond donors (Lipinski definition) is 6. The number of carbonyl (C=O) groups excluding carboxylic acids is 2. The quantitative estimate of drug-likeness (QED) is 0.0199. The Balaban J connectivity index is 2.23. The van der Waals surface area contributed by atoms with E-state index in [4.69, 9.17) is 14.2 Å². The van der Waals surface area contributed by atoms with Crippen molar-refractivity contribution < 1.29 is 49.3 Å². The lowest BCUT2D eigenvalue weighted by Gasteiger charge is -2.40. The molecule has 1 heterocycles. The highest BCUT2D eigenvalue weighted by molar-refractivity contribution is 5.76. The van der Waals surface area contributed by atoms with E-state index in [9.17, 15) is 35.1 Å². The maximum absolute atomic E-state index is 12.9. The molecule has 344 valence electrons. The number of aliphatic hydroxyl groups is 5. The smallest absolute Gasteiger partial charge is 0.305 e. The van der Waals surface area contributed by atoms with Crippen molar-refractivity contribution in [1.82, 2.24) is 5.32 Å². The Bertz CT molecular complexity index is 1080. The fraction of sp³-hybridized carbons (Fsp3) is 0.833. The van der Waals surface area contributed by atoms with Gasteiger partial charge in [0.15, 0.2) is 6.29 Å². The van der Waals surface area contributed by atoms with Crippen LogP contribution in [0.15, 0.2) is 36.5 Å². The summed E-state index contributed by atoms with van der Waals surface area (Å²) in [7, 11) is 0. The third kappa shape index (κ3) is 29.7. The molecule has 6 N–H and O–H groups in total. The van der Waals surface area contributed by atoms with Crippen LogP contribution in [-0.4, -0.2) is 100 Å². The van der Waals surface area contributed by atoms with Gasteiger partial charge in [-0.05, 0) is 70.6 Å². The summed E-state index contributed by atoms with van der Waals surface area (Å²) in [6, 6.07) is -0.846. The summed E-state index contributed by atoms with van der Waals surface area (Å²) in [5, 5.41) is 53.9. The van der Waals surface area contributed by atoms with Gasteiger partial charge in [0.1, 0.15) is 24.4 Å². The highest BCUT2D eigenvalue weighted by atomic mass is 16.7. The van der Waals surface area contributed by atoms with Gasteiger partial charge in [-0.1, -0.05) is 147 Å². The van der Waals surface area contributed by atoms with Crippen molar-refractivity contribution in [2.45, 2.75) is 236 Å². The molecule has 0 aromatic rings. The van der Waals surface area contributed by atoms with Crippen LogP contribution in [0.5, 0.6) is 0 Å². The van der Waals surface area contributed by atoms with E-state index in [1.54, 1.807) is 6.08 Å². The minimum absolute atomic E-state index is 0.0602. The largest absolute Gasteiger partial charge is 0.466 e. The third-order valence-electron chi connectivity index (χ3n) is 11.0. The van der Waals surface area contributed by atoms with Gasteiger partial charge >= 0.3 is 5.97 Å². The van der Waals surface area contributed by atoms with E-state index in [0.717, 1.165) is 83.5 Å². The lowest BCUT2D eigenvalue weighted by molar-refractivity contribution is -0.302. The Labute approximate surface area is 358 Å². The Morgan fingerprint density at radius 3 is 1.71 bits per heavy atom. The minimum Gasteiger partial charge on any atom is -0.466 e. The number of aliphatic hydroxyl groups excluding tert-OH is 5. The molecule has 1 fully saturated rings. The minimum atomic E-state index is -1.59. The zero-order chi connectivity index (χ0) is 43.2. The molecule has 0 spiro atoms. The molecule has 0 aliphatic carbocycles. The van der Waals surface area contributed by atoms with Gasteiger partial charge in [-0.3, -0.25) is 9.59 Å². The first kappa shape index (κ1) is 54.9. The molecule has 11 heteroatoms. The SMILES string of the molecule is CCCCC/C=C/CC/C=C/C(O)C(COC1OC(CO)C(O)C(O)C1O)NC(=O)CCCCCCC/C=C\CCCCOC(=O)CCCCCCCCCCCCC. The van der Waals surface area contributed by atoms with E-state index in [2.05, 4.69) is 43.5 Å². The van der Waals surface area contributed by atoms with Gasteiger partial charge < -0.3 is 45.1 Å². The van der Waals surface area contributed by atoms with Crippen LogP contribution in [0.4, 0.5) is 0 Å². The number of carbonyl (C=O) groups is 2. The molecule has 7 atom stereocenters. The first-order chi connectivity index (χ1) is 28.7. The van der Waals surface area contributed by atoms with Crippen molar-refractivity contribution in [2.75, 3.05) is 19.8 Å². The molecular weight excluding hydrogens is 751 g/mol. The number of rotatable bonds is 39. The van der Waals surface area contributed by atoms with Gasteiger partial charge in [-0.15, -0.1) is 0 Å². The Kier molecular flexibility index (Phi) is 36.1. The van der Waals surface area contributed by atoms with Crippen molar-refractivity contribution in [1.29, 1.82) is 0 Å². The average molecular weight is 838 g/mol. The lowest BCUT2D eigenvalue weighted by Crippen LogP contribution is -2.60. The molecule has 1 aliphatic heterocycles. The monoisotopic (exact) mass is 838 g/mol. The molecule has 7 unspecified atom stereocenters. The highest BCUT2D eigenvalue weighted by Gasteiger charge is 2.44. The number of hydrogen-bond acceptors (Lipinski definition) is 10. The number of ether oxygens (including phenoxy) is 3. The summed E-state index contributed by atoms with van der Waals surface area (Å²) < 4.78 is 16.5. The van der Waals surface area contributed by atoms with Crippen LogP contribution < -0.4 is 5.32 Å². The molecule has 0 bridgehead atoms. The molecule has 1 aliphatic rings. The number of allylic oxidation sites excluding steroid dienone is 5. The maximum atomic E-state index is 12.9. The molecule has 0 radical (unpaired) electrons. The summed E-state index contributed by atoms with van der Waals surface area (Å²) >= 11 is 0. The van der Waals surface area contributed by atoms with E-state index in [1.807, 2.05) is 6.08 Å². The molecule has 1 saturated heterocycles. The number of nitrogens with one attached hydrogen (secondary N) is 1. The summed E-state index contributed by atoms with van der Waals surface area (Å²) in [6.07, 6.45) is 33.8. The van der Waals surface area contributed by atoms with Gasteiger partial charge in [0.25, 0.3) is 0 Å². The molecule has 1 amide bonds. The van der Waals surface area contributed by atoms with Gasteiger partial charge in [0.2, 0.25) is 5.91 Å². The standard InChI is InChI=1S/C48H87NO10/c1-3-5-7-9-11-13-15-20-24-28-32-36-44(53)57-37-33-29-25-21-17-14-16-19-23-27-31-35-43(52)49-40(41(51)34-30-26-22-18-12-10-8-6-4-2)39-58-48-47(56)46(55)45(54)42(38-50)59-48/h12,17-18,21,30,34,40-42,45-48,50-51,54-56H,3-11,13-16,19-20,22-29,31-33,35-39H2,1-2H3,(H,49,52)/b18-12+,21-17-,34-30+. The zero-order valence-corrected chi connectivity index (χ0v) is 37.2. The Hall–Kier alpha value is -2.12. The Morgan fingerprint density at radius 2 is 1.10 bits per heavy atom. The van der Waals surface area contributed by atoms with Crippen molar-refractivity contribution in [3.63, 3.8) is 0 Å². The lowest BCUT2D eigenvalue weighted by atomic mass is 9.99. The van der Waals surface area contributed by atoms with E-state index in [-0.39, 0.29) is 18.5 Å². The molecule has 1 rings (SSSR count). The fourth-order valence-electron chi connectivity index (χ4n) is 7.09. The molecule has 59 heavy (non-hydrogen) atoms. The van der Waals surface area contributed by atoms with Crippen LogP contribution in [0.3, 0.4) is 0 Å². The van der Waals surface area contributed by atoms with Crippen molar-refractivity contribution in [3.8, 4) is 0 Å². The van der Waals surface area contributed by atoms with E-state index >= 15 is 0 Å². The first-order valence-corrected chi connectivity index (χ1v) is 23.8. The third-order valence-corrected chi connectivity index (χ3v) is 11.0. The van der Waals surface area contributed by atoms with Crippen LogP contribution in [0.25, 0.3) is 0 Å². The second kappa shape index (κ2) is 38.8. The number of amides is 1.